The third-order valence-electron chi connectivity index (χ3n) is 3.73. The molecule has 0 radical (unpaired) electrons. The molecule has 5 nitrogen and oxygen atoms in total. The van der Waals surface area contributed by atoms with Crippen LogP contribution in [0.1, 0.15) is 12.0 Å². The predicted octanol–water partition coefficient (Wildman–Crippen LogP) is 3.47. The molecule has 148 valence electrons. The molecule has 2 heterocycles. The monoisotopic (exact) mass is 423 g/mol. The number of carbonyl (C=O) groups excluding carboxylic acids is 1. The van der Waals surface area contributed by atoms with Crippen molar-refractivity contribution in [3.63, 3.8) is 0 Å². The van der Waals surface area contributed by atoms with Crippen molar-refractivity contribution in [1.82, 2.24) is 15.6 Å². The lowest BCUT2D eigenvalue weighted by Gasteiger charge is -2.12. The van der Waals surface area contributed by atoms with Gasteiger partial charge in [0.25, 0.3) is 5.92 Å². The molecule has 0 aliphatic carbocycles. The fraction of sp³-hybridized carbons (Fsp3) is 0.294. The Kier molecular flexibility index (Phi) is 8.33. The highest BCUT2D eigenvalue weighted by molar-refractivity contribution is 5.85. The van der Waals surface area contributed by atoms with Crippen LogP contribution in [0.5, 0.6) is 11.6 Å². The summed E-state index contributed by atoms with van der Waals surface area (Å²) in [7, 11) is 0. The second-order valence-electron chi connectivity index (χ2n) is 5.77. The number of benzene rings is 1. The van der Waals surface area contributed by atoms with Crippen LogP contribution in [0.15, 0.2) is 42.6 Å². The Bertz CT molecular complexity index is 763. The van der Waals surface area contributed by atoms with Crippen molar-refractivity contribution in [3.05, 3.63) is 54.0 Å². The molecule has 1 atom stereocenters. The normalized spacial score (nSPS) is 17.4. The summed E-state index contributed by atoms with van der Waals surface area (Å²) in [5.74, 6) is -3.00. The van der Waals surface area contributed by atoms with Crippen LogP contribution < -0.4 is 15.4 Å². The summed E-state index contributed by atoms with van der Waals surface area (Å²) in [5.41, 5.74) is 0.699. The van der Waals surface area contributed by atoms with Crippen LogP contribution in [0.2, 0.25) is 0 Å². The molecule has 1 aliphatic rings. The Morgan fingerprint density at radius 1 is 1.26 bits per heavy atom. The fourth-order valence-corrected chi connectivity index (χ4v) is 2.45. The number of hydrogen-bond donors (Lipinski definition) is 2. The average Bonchev–Trinajstić information content (AvgIpc) is 2.95. The summed E-state index contributed by atoms with van der Waals surface area (Å²) < 4.78 is 44.6. The lowest BCUT2D eigenvalue weighted by Crippen LogP contribution is -2.40. The summed E-state index contributed by atoms with van der Waals surface area (Å²) in [5, 5.41) is 5.11. The topological polar surface area (TPSA) is 63.2 Å². The quantitative estimate of drug-likeness (QED) is 0.772. The molecule has 1 unspecified atom stereocenters. The van der Waals surface area contributed by atoms with Gasteiger partial charge in [0.2, 0.25) is 11.8 Å². The Hall–Kier alpha value is -2.03. The van der Waals surface area contributed by atoms with Crippen molar-refractivity contribution in [2.24, 2.45) is 0 Å². The molecule has 0 saturated carbocycles. The van der Waals surface area contributed by atoms with Crippen LogP contribution in [0.3, 0.4) is 0 Å². The lowest BCUT2D eigenvalue weighted by atomic mass is 10.2. The SMILES string of the molecule is Cl.Cl.O=C(NCc1ccnc(Oc2ccc(F)cc2)c1)C1CC(F)(F)CN1. The summed E-state index contributed by atoms with van der Waals surface area (Å²) >= 11 is 0. The molecule has 10 heteroatoms. The van der Waals surface area contributed by atoms with Crippen LogP contribution in [-0.2, 0) is 11.3 Å². The summed E-state index contributed by atoms with van der Waals surface area (Å²) in [6, 6.07) is 7.86. The third-order valence-corrected chi connectivity index (χ3v) is 3.73. The maximum atomic E-state index is 13.1. The van der Waals surface area contributed by atoms with Gasteiger partial charge in [0, 0.05) is 25.2 Å². The van der Waals surface area contributed by atoms with Crippen molar-refractivity contribution < 1.29 is 22.7 Å². The number of nitrogens with one attached hydrogen (secondary N) is 2. The van der Waals surface area contributed by atoms with Gasteiger partial charge in [-0.3, -0.25) is 10.1 Å². The first-order valence-electron chi connectivity index (χ1n) is 7.69. The second-order valence-corrected chi connectivity index (χ2v) is 5.77. The van der Waals surface area contributed by atoms with Gasteiger partial charge in [-0.05, 0) is 35.9 Å². The minimum atomic E-state index is -2.85. The van der Waals surface area contributed by atoms with E-state index in [1.807, 2.05) is 0 Å². The van der Waals surface area contributed by atoms with E-state index in [4.69, 9.17) is 4.74 Å². The second kappa shape index (κ2) is 9.77. The number of hydrogen-bond acceptors (Lipinski definition) is 4. The first-order chi connectivity index (χ1) is 11.9. The molecular formula is C17H18Cl2F3N3O2. The summed E-state index contributed by atoms with van der Waals surface area (Å²) in [4.78, 5) is 16.0. The maximum absolute atomic E-state index is 13.1. The summed E-state index contributed by atoms with van der Waals surface area (Å²) in [6.45, 7) is -0.332. The predicted molar refractivity (Wildman–Crippen MR) is 98.4 cm³/mol. The van der Waals surface area contributed by atoms with Gasteiger partial charge in [-0.25, -0.2) is 18.2 Å². The highest BCUT2D eigenvalue weighted by Crippen LogP contribution is 2.25. The van der Waals surface area contributed by atoms with Gasteiger partial charge in [0.15, 0.2) is 0 Å². The number of halogens is 5. The van der Waals surface area contributed by atoms with E-state index in [1.165, 1.54) is 30.5 Å². The van der Waals surface area contributed by atoms with Crippen molar-refractivity contribution in [2.75, 3.05) is 6.54 Å². The van der Waals surface area contributed by atoms with Crippen LogP contribution >= 0.6 is 24.8 Å². The van der Waals surface area contributed by atoms with Gasteiger partial charge in [0.05, 0.1) is 12.6 Å². The van der Waals surface area contributed by atoms with Gasteiger partial charge in [-0.2, -0.15) is 0 Å². The van der Waals surface area contributed by atoms with Gasteiger partial charge in [0.1, 0.15) is 11.6 Å². The van der Waals surface area contributed by atoms with E-state index in [1.54, 1.807) is 12.1 Å². The summed E-state index contributed by atoms with van der Waals surface area (Å²) in [6.07, 6.45) is 0.996. The van der Waals surface area contributed by atoms with Crippen LogP contribution in [-0.4, -0.2) is 29.4 Å². The zero-order valence-corrected chi connectivity index (χ0v) is 15.6. The Morgan fingerprint density at radius 3 is 2.59 bits per heavy atom. The largest absolute Gasteiger partial charge is 0.439 e. The van der Waals surface area contributed by atoms with Crippen molar-refractivity contribution in [2.45, 2.75) is 24.9 Å². The lowest BCUT2D eigenvalue weighted by molar-refractivity contribution is -0.123. The molecule has 2 aromatic rings. The maximum Gasteiger partial charge on any atom is 0.262 e. The van der Waals surface area contributed by atoms with Gasteiger partial charge >= 0.3 is 0 Å². The van der Waals surface area contributed by atoms with Gasteiger partial charge in [-0.1, -0.05) is 0 Å². The minimum absolute atomic E-state index is 0. The smallest absolute Gasteiger partial charge is 0.262 e. The Labute approximate surface area is 166 Å². The molecule has 1 amide bonds. The molecule has 27 heavy (non-hydrogen) atoms. The number of alkyl halides is 2. The van der Waals surface area contributed by atoms with Crippen molar-refractivity contribution in [3.8, 4) is 11.6 Å². The van der Waals surface area contributed by atoms with E-state index < -0.39 is 30.8 Å². The molecule has 0 spiro atoms. The fourth-order valence-electron chi connectivity index (χ4n) is 2.45. The highest BCUT2D eigenvalue weighted by Gasteiger charge is 2.42. The van der Waals surface area contributed by atoms with E-state index >= 15 is 0 Å². The van der Waals surface area contributed by atoms with E-state index in [9.17, 15) is 18.0 Å². The third kappa shape index (κ3) is 6.57. The zero-order chi connectivity index (χ0) is 17.9. The number of amides is 1. The average molecular weight is 424 g/mol. The van der Waals surface area contributed by atoms with Crippen LogP contribution in [0, 0.1) is 5.82 Å². The molecule has 1 saturated heterocycles. The van der Waals surface area contributed by atoms with E-state index in [-0.39, 0.29) is 43.1 Å². The number of aromatic nitrogens is 1. The van der Waals surface area contributed by atoms with E-state index in [0.29, 0.717) is 11.3 Å². The first-order valence-corrected chi connectivity index (χ1v) is 7.69. The van der Waals surface area contributed by atoms with Crippen LogP contribution in [0.25, 0.3) is 0 Å². The zero-order valence-electron chi connectivity index (χ0n) is 14.0. The molecule has 0 bridgehead atoms. The molecule has 1 aromatic heterocycles. The number of pyridine rings is 1. The number of rotatable bonds is 5. The van der Waals surface area contributed by atoms with Gasteiger partial charge in [-0.15, -0.1) is 24.8 Å². The molecule has 3 rings (SSSR count). The van der Waals surface area contributed by atoms with E-state index in [2.05, 4.69) is 15.6 Å². The number of ether oxygens (including phenoxy) is 1. The Morgan fingerprint density at radius 2 is 1.96 bits per heavy atom. The molecule has 2 N–H and O–H groups in total. The molecule has 1 aliphatic heterocycles. The first kappa shape index (κ1) is 23.0. The van der Waals surface area contributed by atoms with Crippen molar-refractivity contribution >= 4 is 30.7 Å². The number of carbonyl (C=O) groups is 1. The molecule has 1 aromatic carbocycles. The van der Waals surface area contributed by atoms with Gasteiger partial charge < -0.3 is 10.1 Å². The van der Waals surface area contributed by atoms with Crippen LogP contribution in [0.4, 0.5) is 13.2 Å². The highest BCUT2D eigenvalue weighted by atomic mass is 35.5. The number of nitrogens with zero attached hydrogens (tertiary/aromatic N) is 1. The Balaban J connectivity index is 0.00000182. The molecular weight excluding hydrogens is 406 g/mol. The van der Waals surface area contributed by atoms with Crippen molar-refractivity contribution in [1.29, 1.82) is 0 Å². The standard InChI is InChI=1S/C17H16F3N3O2.2ClH/c18-12-1-3-13(4-2-12)25-15-7-11(5-6-21-15)9-22-16(24)14-8-17(19,20)10-23-14;;/h1-7,14,23H,8-10H2,(H,22,24);2*1H. The molecule has 1 fully saturated rings. The van der Waals surface area contributed by atoms with E-state index in [0.717, 1.165) is 0 Å². The minimum Gasteiger partial charge on any atom is -0.439 e.